The van der Waals surface area contributed by atoms with Crippen molar-refractivity contribution in [2.75, 3.05) is 6.54 Å². The Morgan fingerprint density at radius 1 is 1.83 bits per heavy atom. The largest absolute Gasteiger partial charge is 0.511 e. The van der Waals surface area contributed by atoms with Gasteiger partial charge in [-0.2, -0.15) is 5.26 Å². The summed E-state index contributed by atoms with van der Waals surface area (Å²) in [6.07, 6.45) is 1.49. The number of nitrogens with one attached hydrogen (secondary N) is 1. The van der Waals surface area contributed by atoms with E-state index in [1.54, 1.807) is 6.07 Å². The van der Waals surface area contributed by atoms with Gasteiger partial charge in [-0.05, 0) is 6.92 Å². The number of hydrogen-bond acceptors (Lipinski definition) is 3. The monoisotopic (exact) mass is 166 g/mol. The minimum atomic E-state index is -0.586. The smallest absolute Gasteiger partial charge is 0.265 e. The third-order valence-corrected chi connectivity index (χ3v) is 1.11. The normalized spacial score (nSPS) is 11.0. The summed E-state index contributed by atoms with van der Waals surface area (Å²) in [4.78, 5) is 11.0. The summed E-state index contributed by atoms with van der Waals surface area (Å²) < 4.78 is 0. The van der Waals surface area contributed by atoms with Gasteiger partial charge >= 0.3 is 0 Å². The zero-order valence-corrected chi connectivity index (χ0v) is 6.79. The van der Waals surface area contributed by atoms with E-state index in [0.717, 1.165) is 0 Å². The highest BCUT2D eigenvalue weighted by Gasteiger charge is 2.10. The van der Waals surface area contributed by atoms with Gasteiger partial charge in [-0.25, -0.2) is 0 Å². The lowest BCUT2D eigenvalue weighted by Crippen LogP contribution is -2.25. The van der Waals surface area contributed by atoms with E-state index in [1.165, 1.54) is 13.0 Å². The van der Waals surface area contributed by atoms with Crippen LogP contribution < -0.4 is 5.32 Å². The van der Waals surface area contributed by atoms with Crippen LogP contribution >= 0.6 is 0 Å². The van der Waals surface area contributed by atoms with E-state index in [-0.39, 0.29) is 17.9 Å². The molecule has 0 aliphatic heterocycles. The summed E-state index contributed by atoms with van der Waals surface area (Å²) in [6.45, 7) is 4.95. The van der Waals surface area contributed by atoms with Gasteiger partial charge in [0.2, 0.25) is 0 Å². The average molecular weight is 166 g/mol. The number of carbonyl (C=O) groups excluding carboxylic acids is 1. The zero-order valence-electron chi connectivity index (χ0n) is 6.79. The Balaban J connectivity index is 4.38. The Morgan fingerprint density at radius 2 is 2.42 bits per heavy atom. The molecule has 0 atom stereocenters. The number of nitrogens with zero attached hydrogens (tertiary/aromatic N) is 1. The van der Waals surface area contributed by atoms with Crippen LogP contribution in [0.2, 0.25) is 0 Å². The molecule has 0 aromatic carbocycles. The summed E-state index contributed by atoms with van der Waals surface area (Å²) >= 11 is 0. The summed E-state index contributed by atoms with van der Waals surface area (Å²) in [5.41, 5.74) is -0.267. The third kappa shape index (κ3) is 2.88. The Hall–Kier alpha value is -1.76. The first-order valence-corrected chi connectivity index (χ1v) is 3.32. The number of aliphatic hydroxyl groups is 1. The number of aliphatic hydroxyl groups excluding tert-OH is 1. The molecule has 4 heteroatoms. The van der Waals surface area contributed by atoms with Gasteiger partial charge in [-0.15, -0.1) is 6.58 Å². The molecule has 0 aliphatic rings. The first-order valence-electron chi connectivity index (χ1n) is 3.32. The van der Waals surface area contributed by atoms with Gasteiger partial charge in [0.25, 0.3) is 5.91 Å². The maximum atomic E-state index is 11.0. The molecule has 0 saturated carbocycles. The van der Waals surface area contributed by atoms with Crippen LogP contribution in [0.15, 0.2) is 24.0 Å². The van der Waals surface area contributed by atoms with Crippen LogP contribution in [0, 0.1) is 11.3 Å². The topological polar surface area (TPSA) is 73.1 Å². The first-order chi connectivity index (χ1) is 5.63. The van der Waals surface area contributed by atoms with Crippen molar-refractivity contribution in [1.29, 1.82) is 5.26 Å². The zero-order chi connectivity index (χ0) is 9.56. The van der Waals surface area contributed by atoms with Crippen molar-refractivity contribution in [2.45, 2.75) is 6.92 Å². The van der Waals surface area contributed by atoms with E-state index in [2.05, 4.69) is 11.9 Å². The fourth-order valence-corrected chi connectivity index (χ4v) is 0.549. The highest BCUT2D eigenvalue weighted by molar-refractivity contribution is 5.97. The molecule has 0 heterocycles. The SMILES string of the molecule is C=CCNC(=O)C(C#N)=C(C)O. The predicted molar refractivity (Wildman–Crippen MR) is 44.1 cm³/mol. The minimum absolute atomic E-state index is 0.267. The second-order valence-electron chi connectivity index (χ2n) is 2.07. The summed E-state index contributed by atoms with van der Waals surface area (Å²) in [5.74, 6) is -0.864. The predicted octanol–water partition coefficient (Wildman–Crippen LogP) is 0.644. The van der Waals surface area contributed by atoms with Crippen molar-refractivity contribution in [3.05, 3.63) is 24.0 Å². The molecule has 0 aromatic heterocycles. The molecule has 0 rings (SSSR count). The quantitative estimate of drug-likeness (QED) is 0.280. The Labute approximate surface area is 70.8 Å². The summed E-state index contributed by atoms with van der Waals surface area (Å²) in [6, 6.07) is 1.59. The molecule has 0 radical (unpaired) electrons. The Bertz CT molecular complexity index is 257. The van der Waals surface area contributed by atoms with Gasteiger partial charge in [-0.1, -0.05) is 6.08 Å². The van der Waals surface area contributed by atoms with Crippen molar-refractivity contribution in [1.82, 2.24) is 5.32 Å². The molecule has 0 unspecified atom stereocenters. The van der Waals surface area contributed by atoms with Gasteiger partial charge in [0, 0.05) is 6.54 Å². The number of nitriles is 1. The Morgan fingerprint density at radius 3 is 2.75 bits per heavy atom. The lowest BCUT2D eigenvalue weighted by Gasteiger charge is -1.99. The maximum absolute atomic E-state index is 11.0. The van der Waals surface area contributed by atoms with Gasteiger partial charge in [0.15, 0.2) is 5.57 Å². The first kappa shape index (κ1) is 10.2. The molecule has 0 fully saturated rings. The van der Waals surface area contributed by atoms with Gasteiger partial charge < -0.3 is 10.4 Å². The summed E-state index contributed by atoms with van der Waals surface area (Å²) in [7, 11) is 0. The molecule has 0 aliphatic carbocycles. The van der Waals surface area contributed by atoms with E-state index in [0.29, 0.717) is 0 Å². The second kappa shape index (κ2) is 4.97. The van der Waals surface area contributed by atoms with E-state index < -0.39 is 5.91 Å². The Kier molecular flexibility index (Phi) is 4.24. The molecule has 12 heavy (non-hydrogen) atoms. The van der Waals surface area contributed by atoms with E-state index in [1.807, 2.05) is 0 Å². The van der Waals surface area contributed by atoms with E-state index in [4.69, 9.17) is 10.4 Å². The standard InChI is InChI=1S/C8H10N2O2/c1-3-4-10-8(12)7(5-9)6(2)11/h3,11H,1,4H2,2H3,(H,10,12). The highest BCUT2D eigenvalue weighted by Crippen LogP contribution is 1.98. The van der Waals surface area contributed by atoms with Gasteiger partial charge in [-0.3, -0.25) is 4.79 Å². The van der Waals surface area contributed by atoms with Crippen molar-refractivity contribution in [3.63, 3.8) is 0 Å². The van der Waals surface area contributed by atoms with Crippen molar-refractivity contribution in [2.24, 2.45) is 0 Å². The van der Waals surface area contributed by atoms with Crippen molar-refractivity contribution < 1.29 is 9.90 Å². The lowest BCUT2D eigenvalue weighted by atomic mass is 10.2. The van der Waals surface area contributed by atoms with Crippen LogP contribution in [-0.2, 0) is 4.79 Å². The molecule has 64 valence electrons. The number of allylic oxidation sites excluding steroid dienone is 1. The van der Waals surface area contributed by atoms with Crippen LogP contribution in [0.1, 0.15) is 6.92 Å². The fraction of sp³-hybridized carbons (Fsp3) is 0.250. The van der Waals surface area contributed by atoms with E-state index >= 15 is 0 Å². The minimum Gasteiger partial charge on any atom is -0.511 e. The number of rotatable bonds is 3. The molecule has 0 aromatic rings. The van der Waals surface area contributed by atoms with Crippen molar-refractivity contribution in [3.8, 4) is 6.07 Å². The number of amides is 1. The average Bonchev–Trinajstić information content (AvgIpc) is 2.01. The number of hydrogen-bond donors (Lipinski definition) is 2. The maximum Gasteiger partial charge on any atom is 0.265 e. The van der Waals surface area contributed by atoms with Crippen LogP contribution in [0.3, 0.4) is 0 Å². The third-order valence-electron chi connectivity index (χ3n) is 1.11. The molecule has 4 nitrogen and oxygen atoms in total. The molecule has 0 spiro atoms. The molecule has 0 bridgehead atoms. The van der Waals surface area contributed by atoms with Crippen LogP contribution in [0.5, 0.6) is 0 Å². The number of carbonyl (C=O) groups is 1. The molecular weight excluding hydrogens is 156 g/mol. The molecule has 0 saturated heterocycles. The van der Waals surface area contributed by atoms with Crippen molar-refractivity contribution >= 4 is 5.91 Å². The molecule has 1 amide bonds. The van der Waals surface area contributed by atoms with Crippen LogP contribution in [0.4, 0.5) is 0 Å². The van der Waals surface area contributed by atoms with Crippen LogP contribution in [-0.4, -0.2) is 17.6 Å². The summed E-state index contributed by atoms with van der Waals surface area (Å²) in [5, 5.41) is 19.6. The van der Waals surface area contributed by atoms with E-state index in [9.17, 15) is 4.79 Å². The highest BCUT2D eigenvalue weighted by atomic mass is 16.3. The van der Waals surface area contributed by atoms with Gasteiger partial charge in [0.1, 0.15) is 11.8 Å². The molecular formula is C8H10N2O2. The molecule has 2 N–H and O–H groups in total. The fourth-order valence-electron chi connectivity index (χ4n) is 0.549. The second-order valence-corrected chi connectivity index (χ2v) is 2.07. The lowest BCUT2D eigenvalue weighted by molar-refractivity contribution is -0.117. The van der Waals surface area contributed by atoms with Gasteiger partial charge in [0.05, 0.1) is 0 Å². The van der Waals surface area contributed by atoms with Crippen LogP contribution in [0.25, 0.3) is 0 Å².